The molecule has 6 heterocycles. The summed E-state index contributed by atoms with van der Waals surface area (Å²) in [6.07, 6.45) is 8.02. The van der Waals surface area contributed by atoms with Crippen molar-refractivity contribution < 1.29 is 14.4 Å². The zero-order valence-electron chi connectivity index (χ0n) is 24.5. The minimum atomic E-state index is -0.923. The molecule has 2 N–H and O–H groups in total. The molecule has 1 aromatic carbocycles. The van der Waals surface area contributed by atoms with Crippen molar-refractivity contribution in [3.8, 4) is 0 Å². The highest BCUT2D eigenvalue weighted by molar-refractivity contribution is 6.10. The van der Waals surface area contributed by atoms with E-state index in [2.05, 4.69) is 9.80 Å². The maximum Gasteiger partial charge on any atom is 0.258 e. The number of rotatable bonds is 3. The Kier molecular flexibility index (Phi) is 7.30. The summed E-state index contributed by atoms with van der Waals surface area (Å²) in [6.45, 7) is 5.75. The predicted molar refractivity (Wildman–Crippen MR) is 161 cm³/mol. The number of hydrazine groups is 1. The summed E-state index contributed by atoms with van der Waals surface area (Å²) in [6, 6.07) is 10.4. The Labute approximate surface area is 247 Å². The van der Waals surface area contributed by atoms with Gasteiger partial charge in [0.1, 0.15) is 11.2 Å². The van der Waals surface area contributed by atoms with E-state index in [1.54, 1.807) is 10.0 Å². The van der Waals surface area contributed by atoms with Gasteiger partial charge in [-0.25, -0.2) is 4.98 Å². The smallest absolute Gasteiger partial charge is 0.258 e. The number of pyridine rings is 1. The normalized spacial score (nSPS) is 24.5. The lowest BCUT2D eigenvalue weighted by Crippen LogP contribution is -2.56. The molecule has 5 aliphatic heterocycles. The average Bonchev–Trinajstić information content (AvgIpc) is 3.20. The fourth-order valence-corrected chi connectivity index (χ4v) is 7.93. The fraction of sp³-hybridized carbons (Fsp3) is 0.625. The summed E-state index contributed by atoms with van der Waals surface area (Å²) < 4.78 is 0. The number of nitrogens with zero attached hydrogens (tertiary/aromatic N) is 6. The highest BCUT2D eigenvalue weighted by atomic mass is 16.2. The molecule has 0 bridgehead atoms. The Morgan fingerprint density at radius 1 is 0.833 bits per heavy atom. The van der Waals surface area contributed by atoms with Crippen LogP contribution in [0, 0.1) is 5.41 Å². The first kappa shape index (κ1) is 27.6. The van der Waals surface area contributed by atoms with Gasteiger partial charge in [0.05, 0.1) is 11.1 Å². The summed E-state index contributed by atoms with van der Waals surface area (Å²) in [5.74, 6) is 0.940. The van der Waals surface area contributed by atoms with E-state index < -0.39 is 5.41 Å². The van der Waals surface area contributed by atoms with Crippen LogP contribution >= 0.6 is 0 Å². The number of carbonyl (C=O) groups excluding carboxylic acids is 3. The molecular weight excluding hydrogens is 530 g/mol. The largest absolute Gasteiger partial charge is 0.356 e. The number of hydrogen-bond donors (Lipinski definition) is 1. The number of hydrogen-bond acceptors (Lipinski definition) is 7. The van der Waals surface area contributed by atoms with Gasteiger partial charge in [-0.3, -0.25) is 29.3 Å². The van der Waals surface area contributed by atoms with Gasteiger partial charge in [-0.05, 0) is 76.5 Å². The first-order valence-electron chi connectivity index (χ1n) is 16.0. The van der Waals surface area contributed by atoms with Gasteiger partial charge < -0.3 is 15.5 Å². The number of nitrogens with two attached hydrogens (primary N) is 1. The minimum Gasteiger partial charge on any atom is -0.356 e. The first-order chi connectivity index (χ1) is 20.4. The number of para-hydroxylation sites is 1. The van der Waals surface area contributed by atoms with Crippen molar-refractivity contribution in [1.82, 2.24) is 24.8 Å². The van der Waals surface area contributed by atoms with Crippen LogP contribution in [0.15, 0.2) is 30.3 Å². The molecule has 0 radical (unpaired) electrons. The third-order valence-electron chi connectivity index (χ3n) is 10.4. The topological polar surface area (TPSA) is 106 Å². The molecule has 10 nitrogen and oxygen atoms in total. The van der Waals surface area contributed by atoms with Gasteiger partial charge in [-0.1, -0.05) is 18.2 Å². The van der Waals surface area contributed by atoms with Gasteiger partial charge in [0.25, 0.3) is 17.7 Å². The quantitative estimate of drug-likeness (QED) is 0.563. The molecule has 1 spiro atoms. The molecule has 5 aliphatic rings. The number of benzene rings is 1. The Bertz CT molecular complexity index is 1340. The lowest BCUT2D eigenvalue weighted by atomic mass is 9.78. The monoisotopic (exact) mass is 573 g/mol. The number of anilines is 1. The van der Waals surface area contributed by atoms with E-state index in [-0.39, 0.29) is 29.8 Å². The van der Waals surface area contributed by atoms with Crippen LogP contribution in [0.4, 0.5) is 5.82 Å². The van der Waals surface area contributed by atoms with E-state index in [0.29, 0.717) is 44.7 Å². The zero-order valence-corrected chi connectivity index (χ0v) is 24.5. The molecule has 0 atom stereocenters. The molecule has 0 unspecified atom stereocenters. The number of aromatic nitrogens is 1. The van der Waals surface area contributed by atoms with Crippen molar-refractivity contribution >= 4 is 34.4 Å². The number of fused-ring (bicyclic) bond motifs is 2. The molecule has 42 heavy (non-hydrogen) atoms. The molecule has 10 heteroatoms. The van der Waals surface area contributed by atoms with E-state index in [9.17, 15) is 14.4 Å². The molecule has 7 rings (SSSR count). The molecule has 3 amide bonds. The van der Waals surface area contributed by atoms with E-state index >= 15 is 0 Å². The van der Waals surface area contributed by atoms with Gasteiger partial charge in [-0.15, -0.1) is 0 Å². The summed E-state index contributed by atoms with van der Waals surface area (Å²) in [4.78, 5) is 52.8. The van der Waals surface area contributed by atoms with Crippen LogP contribution in [0.3, 0.4) is 0 Å². The molecule has 0 saturated carbocycles. The van der Waals surface area contributed by atoms with Crippen molar-refractivity contribution in [3.05, 3.63) is 35.9 Å². The van der Waals surface area contributed by atoms with Crippen LogP contribution < -0.4 is 10.6 Å². The summed E-state index contributed by atoms with van der Waals surface area (Å²) >= 11 is 0. The highest BCUT2D eigenvalue weighted by Crippen LogP contribution is 2.42. The molecular formula is C32H43N7O3. The molecule has 5 saturated heterocycles. The summed E-state index contributed by atoms with van der Waals surface area (Å²) in [5, 5.41) is 4.40. The van der Waals surface area contributed by atoms with Crippen LogP contribution in [0.1, 0.15) is 68.1 Å². The third-order valence-corrected chi connectivity index (χ3v) is 10.4. The second-order valence-corrected chi connectivity index (χ2v) is 13.0. The van der Waals surface area contributed by atoms with E-state index in [4.69, 9.17) is 10.7 Å². The first-order valence-corrected chi connectivity index (χ1v) is 16.0. The van der Waals surface area contributed by atoms with Gasteiger partial charge in [0.15, 0.2) is 0 Å². The molecule has 5 fully saturated rings. The predicted octanol–water partition coefficient (Wildman–Crippen LogP) is 2.62. The van der Waals surface area contributed by atoms with Gasteiger partial charge >= 0.3 is 0 Å². The fourth-order valence-electron chi connectivity index (χ4n) is 7.93. The van der Waals surface area contributed by atoms with Crippen molar-refractivity contribution in [2.45, 2.75) is 69.9 Å². The van der Waals surface area contributed by atoms with Crippen molar-refractivity contribution in [2.75, 3.05) is 57.3 Å². The van der Waals surface area contributed by atoms with Gasteiger partial charge in [0.2, 0.25) is 0 Å². The van der Waals surface area contributed by atoms with E-state index in [0.717, 1.165) is 87.7 Å². The summed E-state index contributed by atoms with van der Waals surface area (Å²) in [7, 11) is 0. The number of carbonyl (C=O) groups is 3. The van der Waals surface area contributed by atoms with Crippen LogP contribution in [-0.4, -0.2) is 107 Å². The average molecular weight is 574 g/mol. The Morgan fingerprint density at radius 3 is 2.24 bits per heavy atom. The second-order valence-electron chi connectivity index (χ2n) is 13.0. The lowest BCUT2D eigenvalue weighted by molar-refractivity contribution is -0.145. The SMILES string of the molecule is NC1CCN(c2cc(C(=O)N3CCC(N4CCCC5(C4)C(=O)N4CCCCCN4C5=O)CC3)c3ccccc3n2)CC1. The van der Waals surface area contributed by atoms with Crippen LogP contribution in [-0.2, 0) is 9.59 Å². The van der Waals surface area contributed by atoms with Crippen LogP contribution in [0.5, 0.6) is 0 Å². The third kappa shape index (κ3) is 4.72. The number of likely N-dealkylation sites (tertiary alicyclic amines) is 2. The Hall–Kier alpha value is -3.24. The minimum absolute atomic E-state index is 0.0165. The zero-order chi connectivity index (χ0) is 28.8. The molecule has 0 aliphatic carbocycles. The van der Waals surface area contributed by atoms with Crippen LogP contribution in [0.2, 0.25) is 0 Å². The highest BCUT2D eigenvalue weighted by Gasteiger charge is 2.60. The maximum atomic E-state index is 14.0. The van der Waals surface area contributed by atoms with E-state index in [1.165, 1.54) is 0 Å². The molecule has 224 valence electrons. The van der Waals surface area contributed by atoms with Crippen LogP contribution in [0.25, 0.3) is 10.9 Å². The van der Waals surface area contributed by atoms with Gasteiger partial charge in [-0.2, -0.15) is 0 Å². The van der Waals surface area contributed by atoms with Crippen molar-refractivity contribution in [1.29, 1.82) is 0 Å². The van der Waals surface area contributed by atoms with Crippen molar-refractivity contribution in [2.24, 2.45) is 11.1 Å². The number of piperidine rings is 3. The number of amides is 3. The maximum absolute atomic E-state index is 14.0. The van der Waals surface area contributed by atoms with E-state index in [1.807, 2.05) is 35.2 Å². The Balaban J connectivity index is 1.05. The molecule has 2 aromatic rings. The van der Waals surface area contributed by atoms with Gasteiger partial charge in [0, 0.05) is 63.3 Å². The lowest BCUT2D eigenvalue weighted by Gasteiger charge is -2.44. The second kappa shape index (κ2) is 11.1. The Morgan fingerprint density at radius 2 is 1.52 bits per heavy atom. The summed E-state index contributed by atoms with van der Waals surface area (Å²) in [5.41, 5.74) is 6.77. The molecule has 1 aromatic heterocycles. The standard InChI is InChI=1S/C32H43N7O3/c33-23-9-17-35(18-10-23)28-21-26(25-7-2-3-8-27(25)34-28)29(40)36-19-11-24(12-20-36)37-14-6-13-32(22-37)30(41)38-15-4-1-5-16-39(38)31(32)42/h2-3,7-8,21,23-24H,1,4-6,9-20,22,33H2. The van der Waals surface area contributed by atoms with Crippen molar-refractivity contribution in [3.63, 3.8) is 0 Å².